The number of hydrogen-bond donors (Lipinski definition) is 1. The SMILES string of the molecule is CCOC(=O)C1CNCCN1c1ncc(Cl)cc1F. The number of piperazine rings is 1. The summed E-state index contributed by atoms with van der Waals surface area (Å²) in [6.45, 7) is 3.57. The highest BCUT2D eigenvalue weighted by Crippen LogP contribution is 2.22. The monoisotopic (exact) mass is 287 g/mol. The van der Waals surface area contributed by atoms with Crippen LogP contribution in [0.2, 0.25) is 5.02 Å². The van der Waals surface area contributed by atoms with Crippen LogP contribution in [0.15, 0.2) is 12.3 Å². The first-order valence-electron chi connectivity index (χ1n) is 6.08. The zero-order valence-electron chi connectivity index (χ0n) is 10.5. The van der Waals surface area contributed by atoms with Gasteiger partial charge in [-0.05, 0) is 13.0 Å². The van der Waals surface area contributed by atoms with Gasteiger partial charge in [0.05, 0.1) is 11.6 Å². The van der Waals surface area contributed by atoms with E-state index < -0.39 is 11.9 Å². The van der Waals surface area contributed by atoms with Gasteiger partial charge in [0.1, 0.15) is 6.04 Å². The van der Waals surface area contributed by atoms with Gasteiger partial charge in [0.15, 0.2) is 11.6 Å². The first kappa shape index (κ1) is 14.0. The minimum Gasteiger partial charge on any atom is -0.464 e. The molecule has 1 atom stereocenters. The first-order chi connectivity index (χ1) is 9.13. The van der Waals surface area contributed by atoms with E-state index >= 15 is 0 Å². The molecule has 1 unspecified atom stereocenters. The van der Waals surface area contributed by atoms with E-state index in [9.17, 15) is 9.18 Å². The number of pyridine rings is 1. The highest BCUT2D eigenvalue weighted by atomic mass is 35.5. The maximum absolute atomic E-state index is 13.9. The van der Waals surface area contributed by atoms with Gasteiger partial charge in [-0.3, -0.25) is 0 Å². The van der Waals surface area contributed by atoms with E-state index in [2.05, 4.69) is 10.3 Å². The summed E-state index contributed by atoms with van der Waals surface area (Å²) >= 11 is 5.68. The molecule has 1 aliphatic heterocycles. The molecule has 0 amide bonds. The van der Waals surface area contributed by atoms with Gasteiger partial charge in [0.2, 0.25) is 0 Å². The Morgan fingerprint density at radius 3 is 3.21 bits per heavy atom. The minimum absolute atomic E-state index is 0.129. The summed E-state index contributed by atoms with van der Waals surface area (Å²) in [5.41, 5.74) is 0. The second-order valence-corrected chi connectivity index (χ2v) is 4.56. The van der Waals surface area contributed by atoms with Crippen molar-refractivity contribution in [2.24, 2.45) is 0 Å². The third-order valence-electron chi connectivity index (χ3n) is 2.86. The highest BCUT2D eigenvalue weighted by Gasteiger charge is 2.32. The number of esters is 1. The number of rotatable bonds is 3. The smallest absolute Gasteiger partial charge is 0.330 e. The molecular weight excluding hydrogens is 273 g/mol. The van der Waals surface area contributed by atoms with Crippen molar-refractivity contribution in [3.05, 3.63) is 23.1 Å². The standard InChI is InChI=1S/C12H15ClFN3O2/c1-2-19-12(18)10-7-15-3-4-17(10)11-9(14)5-8(13)6-16-11/h5-6,10,15H,2-4,7H2,1H3. The summed E-state index contributed by atoms with van der Waals surface area (Å²) in [4.78, 5) is 17.5. The van der Waals surface area contributed by atoms with E-state index in [1.165, 1.54) is 12.3 Å². The Morgan fingerprint density at radius 2 is 2.53 bits per heavy atom. The van der Waals surface area contributed by atoms with E-state index in [0.29, 0.717) is 26.2 Å². The topological polar surface area (TPSA) is 54.5 Å². The molecule has 7 heteroatoms. The van der Waals surface area contributed by atoms with Crippen LogP contribution in [-0.2, 0) is 9.53 Å². The number of halogens is 2. The average molecular weight is 288 g/mol. The number of nitrogens with one attached hydrogen (secondary N) is 1. The fourth-order valence-electron chi connectivity index (χ4n) is 2.03. The molecule has 2 rings (SSSR count). The van der Waals surface area contributed by atoms with Gasteiger partial charge in [-0.2, -0.15) is 0 Å². The van der Waals surface area contributed by atoms with Crippen LogP contribution in [0.25, 0.3) is 0 Å². The van der Waals surface area contributed by atoms with Crippen molar-refractivity contribution in [3.63, 3.8) is 0 Å². The molecule has 2 heterocycles. The molecule has 1 N–H and O–H groups in total. The Hall–Kier alpha value is -1.40. The van der Waals surface area contributed by atoms with Crippen LogP contribution in [0.5, 0.6) is 0 Å². The predicted octanol–water partition coefficient (Wildman–Crippen LogP) is 1.22. The normalized spacial score (nSPS) is 19.3. The fraction of sp³-hybridized carbons (Fsp3) is 0.500. The third-order valence-corrected chi connectivity index (χ3v) is 3.07. The molecule has 0 aromatic carbocycles. The average Bonchev–Trinajstić information content (AvgIpc) is 2.39. The number of hydrogen-bond acceptors (Lipinski definition) is 5. The van der Waals surface area contributed by atoms with Gasteiger partial charge < -0.3 is 15.0 Å². The first-order valence-corrected chi connectivity index (χ1v) is 6.46. The summed E-state index contributed by atoms with van der Waals surface area (Å²) in [5, 5.41) is 3.31. The van der Waals surface area contributed by atoms with Crippen molar-refractivity contribution in [2.75, 3.05) is 31.1 Å². The van der Waals surface area contributed by atoms with Gasteiger partial charge in [-0.15, -0.1) is 0 Å². The van der Waals surface area contributed by atoms with Gasteiger partial charge in [0.25, 0.3) is 0 Å². The number of anilines is 1. The Morgan fingerprint density at radius 1 is 1.74 bits per heavy atom. The van der Waals surface area contributed by atoms with Crippen molar-refractivity contribution < 1.29 is 13.9 Å². The molecule has 1 aromatic heterocycles. The summed E-state index contributed by atoms with van der Waals surface area (Å²) in [6.07, 6.45) is 1.37. The highest BCUT2D eigenvalue weighted by molar-refractivity contribution is 6.30. The molecule has 0 bridgehead atoms. The maximum Gasteiger partial charge on any atom is 0.330 e. The van der Waals surface area contributed by atoms with Crippen molar-refractivity contribution in [2.45, 2.75) is 13.0 Å². The van der Waals surface area contributed by atoms with Crippen molar-refractivity contribution >= 4 is 23.4 Å². The van der Waals surface area contributed by atoms with Crippen molar-refractivity contribution in [1.82, 2.24) is 10.3 Å². The van der Waals surface area contributed by atoms with E-state index in [1.54, 1.807) is 11.8 Å². The molecular formula is C12H15ClFN3O2. The lowest BCUT2D eigenvalue weighted by atomic mass is 10.2. The Bertz CT molecular complexity index is 472. The number of ether oxygens (including phenoxy) is 1. The fourth-order valence-corrected chi connectivity index (χ4v) is 2.17. The molecule has 5 nitrogen and oxygen atoms in total. The second kappa shape index (κ2) is 6.16. The summed E-state index contributed by atoms with van der Waals surface area (Å²) < 4.78 is 18.9. The van der Waals surface area contributed by atoms with Crippen LogP contribution < -0.4 is 10.2 Å². The quantitative estimate of drug-likeness (QED) is 0.847. The summed E-state index contributed by atoms with van der Waals surface area (Å²) in [7, 11) is 0. The molecule has 1 saturated heterocycles. The lowest BCUT2D eigenvalue weighted by molar-refractivity contribution is -0.144. The molecule has 104 valence electrons. The largest absolute Gasteiger partial charge is 0.464 e. The van der Waals surface area contributed by atoms with Crippen LogP contribution in [-0.4, -0.2) is 43.2 Å². The van der Waals surface area contributed by atoms with Crippen LogP contribution in [0, 0.1) is 5.82 Å². The second-order valence-electron chi connectivity index (χ2n) is 4.12. The van der Waals surface area contributed by atoms with E-state index in [4.69, 9.17) is 16.3 Å². The molecule has 1 aromatic rings. The van der Waals surface area contributed by atoms with Crippen molar-refractivity contribution in [1.29, 1.82) is 0 Å². The van der Waals surface area contributed by atoms with Gasteiger partial charge in [-0.1, -0.05) is 11.6 Å². The lowest BCUT2D eigenvalue weighted by Crippen LogP contribution is -2.56. The number of carbonyl (C=O) groups excluding carboxylic acids is 1. The van der Waals surface area contributed by atoms with Crippen molar-refractivity contribution in [3.8, 4) is 0 Å². The van der Waals surface area contributed by atoms with Crippen LogP contribution >= 0.6 is 11.6 Å². The lowest BCUT2D eigenvalue weighted by Gasteiger charge is -2.35. The van der Waals surface area contributed by atoms with E-state index in [0.717, 1.165) is 0 Å². The van der Waals surface area contributed by atoms with Gasteiger partial charge in [0, 0.05) is 25.8 Å². The molecule has 19 heavy (non-hydrogen) atoms. The zero-order valence-corrected chi connectivity index (χ0v) is 11.3. The number of aromatic nitrogens is 1. The molecule has 0 radical (unpaired) electrons. The Kier molecular flexibility index (Phi) is 4.55. The zero-order chi connectivity index (χ0) is 13.8. The molecule has 0 aliphatic carbocycles. The van der Waals surface area contributed by atoms with Crippen LogP contribution in [0.1, 0.15) is 6.92 Å². The van der Waals surface area contributed by atoms with Gasteiger partial charge >= 0.3 is 5.97 Å². The molecule has 1 aliphatic rings. The van der Waals surface area contributed by atoms with E-state index in [1.807, 2.05) is 0 Å². The Balaban J connectivity index is 2.26. The molecule has 0 spiro atoms. The molecule has 1 fully saturated rings. The maximum atomic E-state index is 13.9. The number of carbonyl (C=O) groups is 1. The predicted molar refractivity (Wildman–Crippen MR) is 69.8 cm³/mol. The van der Waals surface area contributed by atoms with E-state index in [-0.39, 0.29) is 16.8 Å². The van der Waals surface area contributed by atoms with Crippen LogP contribution in [0.3, 0.4) is 0 Å². The Labute approximate surface area is 115 Å². The van der Waals surface area contributed by atoms with Crippen LogP contribution in [0.4, 0.5) is 10.2 Å². The third kappa shape index (κ3) is 3.13. The molecule has 0 saturated carbocycles. The summed E-state index contributed by atoms with van der Waals surface area (Å²) in [5.74, 6) is -0.793. The van der Waals surface area contributed by atoms with Gasteiger partial charge in [-0.25, -0.2) is 14.2 Å². The minimum atomic E-state index is -0.572. The summed E-state index contributed by atoms with van der Waals surface area (Å²) in [6, 6.07) is 0.616. The number of nitrogens with zero attached hydrogens (tertiary/aromatic N) is 2.